The van der Waals surface area contributed by atoms with Crippen molar-refractivity contribution in [1.82, 2.24) is 5.32 Å². The van der Waals surface area contributed by atoms with Gasteiger partial charge in [0.2, 0.25) is 0 Å². The monoisotopic (exact) mass is 195 g/mol. The minimum atomic E-state index is 0.379. The number of rotatable bonds is 3. The Morgan fingerprint density at radius 3 is 2.71 bits per heavy atom. The van der Waals surface area contributed by atoms with Gasteiger partial charge in [-0.05, 0) is 39.5 Å². The van der Waals surface area contributed by atoms with Crippen LogP contribution in [-0.2, 0) is 0 Å². The predicted octanol–water partition coefficient (Wildman–Crippen LogP) is 3.51. The standard InChI is InChI=1S/C13H25N/c1-11(2)8-10-14-13(4)9-6-5-7-12(13)3/h8,12,14H,5-7,9-10H2,1-4H3. The maximum Gasteiger partial charge on any atom is 0.0181 e. The summed E-state index contributed by atoms with van der Waals surface area (Å²) in [6, 6.07) is 0. The van der Waals surface area contributed by atoms with Gasteiger partial charge in [-0.25, -0.2) is 0 Å². The number of nitrogens with one attached hydrogen (secondary N) is 1. The van der Waals surface area contributed by atoms with Crippen LogP contribution in [0.15, 0.2) is 11.6 Å². The van der Waals surface area contributed by atoms with Crippen LogP contribution in [-0.4, -0.2) is 12.1 Å². The second-order valence-electron chi connectivity index (χ2n) is 5.23. The van der Waals surface area contributed by atoms with Crippen molar-refractivity contribution in [1.29, 1.82) is 0 Å². The molecule has 1 saturated carbocycles. The largest absolute Gasteiger partial charge is 0.308 e. The van der Waals surface area contributed by atoms with Gasteiger partial charge in [0.05, 0.1) is 0 Å². The van der Waals surface area contributed by atoms with E-state index in [1.807, 2.05) is 0 Å². The van der Waals surface area contributed by atoms with Gasteiger partial charge in [0.15, 0.2) is 0 Å². The van der Waals surface area contributed by atoms with Gasteiger partial charge in [-0.15, -0.1) is 0 Å². The van der Waals surface area contributed by atoms with E-state index in [0.717, 1.165) is 12.5 Å². The Morgan fingerprint density at radius 2 is 2.14 bits per heavy atom. The third-order valence-electron chi connectivity index (χ3n) is 3.69. The van der Waals surface area contributed by atoms with E-state index in [-0.39, 0.29) is 0 Å². The Labute approximate surface area is 89.0 Å². The first-order chi connectivity index (χ1) is 6.54. The third-order valence-corrected chi connectivity index (χ3v) is 3.69. The molecule has 0 radical (unpaired) electrons. The van der Waals surface area contributed by atoms with E-state index in [1.165, 1.54) is 31.3 Å². The molecule has 0 amide bonds. The van der Waals surface area contributed by atoms with E-state index >= 15 is 0 Å². The second-order valence-corrected chi connectivity index (χ2v) is 5.23. The summed E-state index contributed by atoms with van der Waals surface area (Å²) in [5, 5.41) is 3.70. The molecule has 14 heavy (non-hydrogen) atoms. The molecule has 1 fully saturated rings. The first-order valence-corrected chi connectivity index (χ1v) is 5.93. The van der Waals surface area contributed by atoms with Gasteiger partial charge >= 0.3 is 0 Å². The summed E-state index contributed by atoms with van der Waals surface area (Å²) in [5.41, 5.74) is 1.79. The van der Waals surface area contributed by atoms with Crippen LogP contribution in [0.1, 0.15) is 53.4 Å². The first-order valence-electron chi connectivity index (χ1n) is 5.93. The maximum atomic E-state index is 3.70. The van der Waals surface area contributed by atoms with Crippen molar-refractivity contribution in [3.8, 4) is 0 Å². The molecule has 1 aliphatic rings. The van der Waals surface area contributed by atoms with Gasteiger partial charge in [0.1, 0.15) is 0 Å². The number of hydrogen-bond acceptors (Lipinski definition) is 1. The van der Waals surface area contributed by atoms with Gasteiger partial charge < -0.3 is 5.32 Å². The van der Waals surface area contributed by atoms with Crippen LogP contribution in [0.2, 0.25) is 0 Å². The van der Waals surface area contributed by atoms with Crippen LogP contribution >= 0.6 is 0 Å². The van der Waals surface area contributed by atoms with Crippen LogP contribution in [0.5, 0.6) is 0 Å². The zero-order valence-corrected chi connectivity index (χ0v) is 10.2. The molecule has 0 aliphatic heterocycles. The maximum absolute atomic E-state index is 3.70. The lowest BCUT2D eigenvalue weighted by atomic mass is 9.75. The van der Waals surface area contributed by atoms with Gasteiger partial charge in [-0.2, -0.15) is 0 Å². The zero-order valence-electron chi connectivity index (χ0n) is 10.2. The minimum Gasteiger partial charge on any atom is -0.308 e. The average molecular weight is 195 g/mol. The van der Waals surface area contributed by atoms with E-state index in [2.05, 4.69) is 39.1 Å². The van der Waals surface area contributed by atoms with Crippen LogP contribution in [0, 0.1) is 5.92 Å². The highest BCUT2D eigenvalue weighted by molar-refractivity contribution is 4.98. The van der Waals surface area contributed by atoms with Crippen molar-refractivity contribution in [2.24, 2.45) is 5.92 Å². The highest BCUT2D eigenvalue weighted by Crippen LogP contribution is 2.32. The molecule has 1 aliphatic carbocycles. The molecule has 2 atom stereocenters. The topological polar surface area (TPSA) is 12.0 Å². The lowest BCUT2D eigenvalue weighted by Crippen LogP contribution is -2.49. The molecule has 1 rings (SSSR count). The van der Waals surface area contributed by atoms with Gasteiger partial charge in [0.25, 0.3) is 0 Å². The Hall–Kier alpha value is -0.300. The summed E-state index contributed by atoms with van der Waals surface area (Å²) < 4.78 is 0. The Morgan fingerprint density at radius 1 is 1.43 bits per heavy atom. The molecule has 0 aromatic rings. The molecule has 82 valence electrons. The Balaban J connectivity index is 2.43. The highest BCUT2D eigenvalue weighted by atomic mass is 15.0. The lowest BCUT2D eigenvalue weighted by molar-refractivity contribution is 0.180. The lowest BCUT2D eigenvalue weighted by Gasteiger charge is -2.40. The van der Waals surface area contributed by atoms with Crippen molar-refractivity contribution in [2.75, 3.05) is 6.54 Å². The third kappa shape index (κ3) is 3.13. The fraction of sp³-hybridized carbons (Fsp3) is 0.846. The molecule has 2 unspecified atom stereocenters. The van der Waals surface area contributed by atoms with Crippen molar-refractivity contribution >= 4 is 0 Å². The number of allylic oxidation sites excluding steroid dienone is 1. The smallest absolute Gasteiger partial charge is 0.0181 e. The first kappa shape index (κ1) is 11.8. The summed E-state index contributed by atoms with van der Waals surface area (Å²) in [5.74, 6) is 0.821. The molecule has 0 aromatic carbocycles. The van der Waals surface area contributed by atoms with Crippen LogP contribution in [0.3, 0.4) is 0 Å². The van der Waals surface area contributed by atoms with Crippen molar-refractivity contribution in [3.63, 3.8) is 0 Å². The summed E-state index contributed by atoms with van der Waals surface area (Å²) in [6.07, 6.45) is 7.82. The van der Waals surface area contributed by atoms with E-state index in [0.29, 0.717) is 5.54 Å². The fourth-order valence-electron chi connectivity index (χ4n) is 2.26. The molecule has 0 bridgehead atoms. The summed E-state index contributed by atoms with van der Waals surface area (Å²) in [6.45, 7) is 10.1. The van der Waals surface area contributed by atoms with Crippen LogP contribution in [0.25, 0.3) is 0 Å². The molecule has 0 saturated heterocycles. The summed E-state index contributed by atoms with van der Waals surface area (Å²) in [4.78, 5) is 0. The zero-order chi connectivity index (χ0) is 10.6. The van der Waals surface area contributed by atoms with Crippen LogP contribution in [0.4, 0.5) is 0 Å². The van der Waals surface area contributed by atoms with E-state index < -0.39 is 0 Å². The van der Waals surface area contributed by atoms with Crippen LogP contribution < -0.4 is 5.32 Å². The van der Waals surface area contributed by atoms with Gasteiger partial charge in [0, 0.05) is 12.1 Å². The predicted molar refractivity (Wildman–Crippen MR) is 63.5 cm³/mol. The minimum absolute atomic E-state index is 0.379. The van der Waals surface area contributed by atoms with E-state index in [4.69, 9.17) is 0 Å². The molecule has 0 spiro atoms. The molecule has 0 heterocycles. The van der Waals surface area contributed by atoms with Gasteiger partial charge in [-0.1, -0.05) is 31.4 Å². The number of hydrogen-bond donors (Lipinski definition) is 1. The van der Waals surface area contributed by atoms with E-state index in [1.54, 1.807) is 0 Å². The molecular formula is C13H25N. The molecule has 0 aromatic heterocycles. The van der Waals surface area contributed by atoms with E-state index in [9.17, 15) is 0 Å². The average Bonchev–Trinajstić information content (AvgIpc) is 2.10. The fourth-order valence-corrected chi connectivity index (χ4v) is 2.26. The quantitative estimate of drug-likeness (QED) is 0.680. The summed E-state index contributed by atoms with van der Waals surface area (Å²) >= 11 is 0. The second kappa shape index (κ2) is 4.97. The highest BCUT2D eigenvalue weighted by Gasteiger charge is 2.32. The molecular weight excluding hydrogens is 170 g/mol. The van der Waals surface area contributed by atoms with Crippen molar-refractivity contribution in [3.05, 3.63) is 11.6 Å². The Kier molecular flexibility index (Phi) is 4.18. The molecule has 1 heteroatoms. The molecule has 1 nitrogen and oxygen atoms in total. The molecule has 1 N–H and O–H groups in total. The van der Waals surface area contributed by atoms with Gasteiger partial charge in [-0.3, -0.25) is 0 Å². The van der Waals surface area contributed by atoms with Crippen molar-refractivity contribution < 1.29 is 0 Å². The normalized spacial score (nSPS) is 32.7. The van der Waals surface area contributed by atoms with Crippen molar-refractivity contribution in [2.45, 2.75) is 58.9 Å². The Bertz CT molecular complexity index is 203. The summed E-state index contributed by atoms with van der Waals surface area (Å²) in [7, 11) is 0. The SMILES string of the molecule is CC(C)=CCNC1(C)CCCCC1C.